The minimum absolute atomic E-state index is 0.284. The molecule has 0 amide bonds. The molecule has 1 N–H and O–H groups in total. The SMILES string of the molecule is C=C1N[C@H](C)CCCc2cccc(n2)[C@H]2CCCN2c2ccn3ncc1c3n2. The van der Waals surface area contributed by atoms with Crippen LogP contribution in [-0.4, -0.2) is 32.2 Å². The minimum atomic E-state index is 0.284. The molecule has 2 aliphatic heterocycles. The summed E-state index contributed by atoms with van der Waals surface area (Å²) in [5.41, 5.74) is 5.06. The molecule has 6 nitrogen and oxygen atoms in total. The Morgan fingerprint density at radius 3 is 3.00 bits per heavy atom. The van der Waals surface area contributed by atoms with E-state index in [2.05, 4.69) is 53.1 Å². The average molecular weight is 374 g/mol. The van der Waals surface area contributed by atoms with Crippen molar-refractivity contribution in [1.29, 1.82) is 0 Å². The molecule has 3 aromatic rings. The number of pyridine rings is 1. The second kappa shape index (κ2) is 6.93. The fourth-order valence-electron chi connectivity index (χ4n) is 4.44. The number of rotatable bonds is 0. The molecular weight excluding hydrogens is 348 g/mol. The quantitative estimate of drug-likeness (QED) is 0.649. The van der Waals surface area contributed by atoms with Crippen molar-refractivity contribution in [2.75, 3.05) is 11.4 Å². The van der Waals surface area contributed by atoms with Gasteiger partial charge in [-0.25, -0.2) is 9.50 Å². The second-order valence-electron chi connectivity index (χ2n) is 7.93. The van der Waals surface area contributed by atoms with E-state index in [0.717, 1.165) is 67.1 Å². The van der Waals surface area contributed by atoms with Gasteiger partial charge in [-0.15, -0.1) is 0 Å². The summed E-state index contributed by atoms with van der Waals surface area (Å²) in [7, 11) is 0. The van der Waals surface area contributed by atoms with Crippen LogP contribution in [0.15, 0.2) is 43.2 Å². The van der Waals surface area contributed by atoms with E-state index in [1.807, 2.05) is 16.9 Å². The van der Waals surface area contributed by atoms with Crippen molar-refractivity contribution in [1.82, 2.24) is 24.9 Å². The van der Waals surface area contributed by atoms with E-state index in [9.17, 15) is 0 Å². The number of nitrogens with zero attached hydrogens (tertiary/aromatic N) is 5. The fraction of sp³-hybridized carbons (Fsp3) is 0.409. The zero-order valence-corrected chi connectivity index (χ0v) is 16.3. The Morgan fingerprint density at radius 1 is 1.14 bits per heavy atom. The standard InChI is InChI=1S/C22H26N6/c1-15-6-3-7-17-8-4-9-19(25-17)20-10-5-12-27(20)21-11-13-28-22(26-21)18(14-23-28)16(2)24-15/h4,8-9,11,13-15,20,24H,2-3,5-7,10,12H2,1H3/t15-,20-/m1/s1. The molecular formula is C22H26N6. The average Bonchev–Trinajstić information content (AvgIpc) is 3.34. The van der Waals surface area contributed by atoms with E-state index >= 15 is 0 Å². The maximum Gasteiger partial charge on any atom is 0.166 e. The van der Waals surface area contributed by atoms with Crippen LogP contribution >= 0.6 is 0 Å². The van der Waals surface area contributed by atoms with Crippen LogP contribution in [0.4, 0.5) is 5.82 Å². The molecule has 0 saturated carbocycles. The molecule has 0 unspecified atom stereocenters. The largest absolute Gasteiger partial charge is 0.382 e. The van der Waals surface area contributed by atoms with Gasteiger partial charge in [-0.2, -0.15) is 5.10 Å². The van der Waals surface area contributed by atoms with Gasteiger partial charge < -0.3 is 10.2 Å². The number of nitrogens with one attached hydrogen (secondary N) is 1. The predicted octanol–water partition coefficient (Wildman–Crippen LogP) is 3.75. The molecule has 0 aromatic carbocycles. The molecule has 5 heterocycles. The summed E-state index contributed by atoms with van der Waals surface area (Å²) in [6.45, 7) is 7.46. The summed E-state index contributed by atoms with van der Waals surface area (Å²) in [5, 5.41) is 8.01. The highest BCUT2D eigenvalue weighted by Crippen LogP contribution is 2.35. The first-order chi connectivity index (χ1) is 13.7. The smallest absolute Gasteiger partial charge is 0.166 e. The lowest BCUT2D eigenvalue weighted by atomic mass is 10.1. The van der Waals surface area contributed by atoms with Gasteiger partial charge in [0.05, 0.1) is 23.5 Å². The van der Waals surface area contributed by atoms with Gasteiger partial charge in [0.25, 0.3) is 0 Å². The highest BCUT2D eigenvalue weighted by molar-refractivity contribution is 5.74. The van der Waals surface area contributed by atoms with Gasteiger partial charge in [-0.1, -0.05) is 12.6 Å². The van der Waals surface area contributed by atoms with Gasteiger partial charge in [-0.05, 0) is 57.2 Å². The van der Waals surface area contributed by atoms with Crippen LogP contribution in [0.25, 0.3) is 11.3 Å². The first-order valence-electron chi connectivity index (χ1n) is 10.2. The number of fused-ring (bicyclic) bond motifs is 6. The summed E-state index contributed by atoms with van der Waals surface area (Å²) < 4.78 is 1.83. The van der Waals surface area contributed by atoms with Gasteiger partial charge in [0.2, 0.25) is 0 Å². The Bertz CT molecular complexity index is 1020. The van der Waals surface area contributed by atoms with Crippen molar-refractivity contribution < 1.29 is 0 Å². The molecule has 4 bridgehead atoms. The van der Waals surface area contributed by atoms with E-state index in [-0.39, 0.29) is 6.04 Å². The number of aryl methyl sites for hydroxylation is 1. The lowest BCUT2D eigenvalue weighted by Gasteiger charge is -2.25. The van der Waals surface area contributed by atoms with Gasteiger partial charge in [-0.3, -0.25) is 4.98 Å². The summed E-state index contributed by atoms with van der Waals surface area (Å²) in [6.07, 6.45) is 9.29. The van der Waals surface area contributed by atoms with Crippen molar-refractivity contribution in [3.8, 4) is 0 Å². The van der Waals surface area contributed by atoms with Crippen LogP contribution in [0.2, 0.25) is 0 Å². The van der Waals surface area contributed by atoms with Crippen molar-refractivity contribution in [3.63, 3.8) is 0 Å². The predicted molar refractivity (Wildman–Crippen MR) is 111 cm³/mol. The van der Waals surface area contributed by atoms with Gasteiger partial charge in [0.1, 0.15) is 5.82 Å². The van der Waals surface area contributed by atoms with E-state index < -0.39 is 0 Å². The van der Waals surface area contributed by atoms with Crippen LogP contribution in [0.3, 0.4) is 0 Å². The molecule has 1 saturated heterocycles. The number of hydrogen-bond acceptors (Lipinski definition) is 5. The minimum Gasteiger partial charge on any atom is -0.382 e. The molecule has 6 heteroatoms. The molecule has 0 spiro atoms. The third kappa shape index (κ3) is 3.03. The van der Waals surface area contributed by atoms with E-state index in [0.29, 0.717) is 6.04 Å². The number of anilines is 1. The van der Waals surface area contributed by atoms with E-state index in [1.165, 1.54) is 5.69 Å². The lowest BCUT2D eigenvalue weighted by Crippen LogP contribution is -2.25. The molecule has 3 aromatic heterocycles. The summed E-state index contributed by atoms with van der Waals surface area (Å²) in [5.74, 6) is 0.986. The van der Waals surface area contributed by atoms with Crippen LogP contribution in [0, 0.1) is 0 Å². The molecule has 0 radical (unpaired) electrons. The Balaban J connectivity index is 1.62. The third-order valence-electron chi connectivity index (χ3n) is 5.89. The number of aromatic nitrogens is 4. The second-order valence-corrected chi connectivity index (χ2v) is 7.93. The highest BCUT2D eigenvalue weighted by Gasteiger charge is 2.29. The van der Waals surface area contributed by atoms with Gasteiger partial charge >= 0.3 is 0 Å². The maximum absolute atomic E-state index is 5.01. The first kappa shape index (κ1) is 17.2. The lowest BCUT2D eigenvalue weighted by molar-refractivity contribution is 0.565. The van der Waals surface area contributed by atoms with Crippen molar-refractivity contribution in [2.24, 2.45) is 0 Å². The molecule has 2 aliphatic rings. The molecule has 5 rings (SSSR count). The van der Waals surface area contributed by atoms with Crippen molar-refractivity contribution >= 4 is 17.2 Å². The molecule has 1 fully saturated rings. The van der Waals surface area contributed by atoms with Crippen LogP contribution in [0.5, 0.6) is 0 Å². The Morgan fingerprint density at radius 2 is 2.07 bits per heavy atom. The van der Waals surface area contributed by atoms with Gasteiger partial charge in [0, 0.05) is 30.2 Å². The van der Waals surface area contributed by atoms with E-state index in [1.54, 1.807) is 0 Å². The van der Waals surface area contributed by atoms with E-state index in [4.69, 9.17) is 9.97 Å². The molecule has 2 atom stereocenters. The van der Waals surface area contributed by atoms with Crippen molar-refractivity contribution in [3.05, 3.63) is 60.2 Å². The Hall–Kier alpha value is -2.89. The summed E-state index contributed by atoms with van der Waals surface area (Å²) in [6, 6.07) is 9.15. The number of hydrogen-bond donors (Lipinski definition) is 1. The van der Waals surface area contributed by atoms with Crippen LogP contribution < -0.4 is 10.2 Å². The molecule has 28 heavy (non-hydrogen) atoms. The Labute approximate surface area is 165 Å². The van der Waals surface area contributed by atoms with Crippen LogP contribution in [0.1, 0.15) is 55.6 Å². The highest BCUT2D eigenvalue weighted by atomic mass is 15.3. The maximum atomic E-state index is 5.01. The topological polar surface area (TPSA) is 58.4 Å². The molecule has 0 aliphatic carbocycles. The Kier molecular flexibility index (Phi) is 4.26. The third-order valence-corrected chi connectivity index (χ3v) is 5.89. The van der Waals surface area contributed by atoms with Crippen LogP contribution in [-0.2, 0) is 6.42 Å². The summed E-state index contributed by atoms with van der Waals surface area (Å²) >= 11 is 0. The zero-order valence-electron chi connectivity index (χ0n) is 16.3. The summed E-state index contributed by atoms with van der Waals surface area (Å²) in [4.78, 5) is 12.4. The normalized spacial score (nSPS) is 22.6. The first-order valence-corrected chi connectivity index (χ1v) is 10.2. The van der Waals surface area contributed by atoms with Gasteiger partial charge in [0.15, 0.2) is 5.65 Å². The van der Waals surface area contributed by atoms with Crippen molar-refractivity contribution in [2.45, 2.75) is 51.1 Å². The monoisotopic (exact) mass is 374 g/mol. The fourth-order valence-corrected chi connectivity index (χ4v) is 4.44. The zero-order chi connectivity index (χ0) is 19.1. The molecule has 144 valence electrons.